The van der Waals surface area contributed by atoms with Crippen LogP contribution in [0.4, 0.5) is 0 Å². The Balaban J connectivity index is 4.60. The Labute approximate surface area is 86.4 Å². The number of ether oxygens (including phenoxy) is 1. The Morgan fingerprint density at radius 2 is 2.00 bits per heavy atom. The smallest absolute Gasteiger partial charge is 0.324 e. The summed E-state index contributed by atoms with van der Waals surface area (Å²) in [6, 6.07) is -0.595. The first kappa shape index (κ1) is 13.4. The highest BCUT2D eigenvalue weighted by Crippen LogP contribution is 2.20. The van der Waals surface area contributed by atoms with Crippen LogP contribution in [0.2, 0.25) is 0 Å². The highest BCUT2D eigenvalue weighted by molar-refractivity contribution is 5.77. The number of esters is 1. The number of carbonyl (C=O) groups is 1. The molecular weight excluding hydrogens is 180 g/mol. The zero-order valence-electron chi connectivity index (χ0n) is 9.83. The van der Waals surface area contributed by atoms with E-state index in [4.69, 9.17) is 10.5 Å². The summed E-state index contributed by atoms with van der Waals surface area (Å²) in [4.78, 5) is 13.4. The average molecular weight is 202 g/mol. The van der Waals surface area contributed by atoms with Gasteiger partial charge in [-0.25, -0.2) is 0 Å². The zero-order chi connectivity index (χ0) is 11.4. The highest BCUT2D eigenvalue weighted by Gasteiger charge is 2.37. The van der Waals surface area contributed by atoms with Crippen molar-refractivity contribution in [3.8, 4) is 0 Å². The first-order valence-electron chi connectivity index (χ1n) is 4.99. The molecule has 2 atom stereocenters. The van der Waals surface area contributed by atoms with Crippen LogP contribution in [0.3, 0.4) is 0 Å². The molecule has 4 nitrogen and oxygen atoms in total. The molecule has 0 rings (SSSR count). The molecule has 0 saturated carbocycles. The van der Waals surface area contributed by atoms with Gasteiger partial charge >= 0.3 is 5.97 Å². The minimum Gasteiger partial charge on any atom is -0.465 e. The molecule has 4 heteroatoms. The van der Waals surface area contributed by atoms with E-state index >= 15 is 0 Å². The molecule has 0 bridgehead atoms. The molecule has 0 aromatic rings. The molecule has 0 aliphatic rings. The van der Waals surface area contributed by atoms with Crippen molar-refractivity contribution in [3.05, 3.63) is 0 Å². The van der Waals surface area contributed by atoms with Crippen molar-refractivity contribution in [3.63, 3.8) is 0 Å². The molecule has 0 spiro atoms. The van der Waals surface area contributed by atoms with E-state index in [-0.39, 0.29) is 11.5 Å². The van der Waals surface area contributed by atoms with Gasteiger partial charge in [-0.05, 0) is 34.4 Å². The Hall–Kier alpha value is -0.610. The average Bonchev–Trinajstić information content (AvgIpc) is 2.15. The topological polar surface area (TPSA) is 55.6 Å². The van der Waals surface area contributed by atoms with Crippen LogP contribution >= 0.6 is 0 Å². The maximum atomic E-state index is 11.5. The van der Waals surface area contributed by atoms with E-state index in [1.54, 1.807) is 6.92 Å². The van der Waals surface area contributed by atoms with E-state index in [0.717, 1.165) is 6.42 Å². The van der Waals surface area contributed by atoms with Gasteiger partial charge in [0.2, 0.25) is 0 Å². The maximum absolute atomic E-state index is 11.5. The molecule has 0 aliphatic heterocycles. The zero-order valence-corrected chi connectivity index (χ0v) is 9.83. The van der Waals surface area contributed by atoms with Gasteiger partial charge in [0.25, 0.3) is 0 Å². The standard InChI is InChI=1S/C10H22N2O2/c1-6-10(3,12(4)5)8(11)9(13)14-7-2/h8H,6-7,11H2,1-5H3/t8-,10-/m1/s1. The quantitative estimate of drug-likeness (QED) is 0.664. The number of likely N-dealkylation sites (N-methyl/N-ethyl adjacent to an activating group) is 1. The molecule has 0 heterocycles. The summed E-state index contributed by atoms with van der Waals surface area (Å²) in [5.74, 6) is -0.328. The van der Waals surface area contributed by atoms with Crippen molar-refractivity contribution >= 4 is 5.97 Å². The second-order valence-electron chi connectivity index (χ2n) is 3.83. The molecule has 84 valence electrons. The van der Waals surface area contributed by atoms with Crippen LogP contribution in [-0.4, -0.2) is 43.2 Å². The van der Waals surface area contributed by atoms with Crippen molar-refractivity contribution in [2.75, 3.05) is 20.7 Å². The molecule has 0 aromatic carbocycles. The molecule has 2 N–H and O–H groups in total. The first-order valence-corrected chi connectivity index (χ1v) is 4.99. The van der Waals surface area contributed by atoms with Crippen LogP contribution in [0.1, 0.15) is 27.2 Å². The van der Waals surface area contributed by atoms with E-state index in [2.05, 4.69) is 0 Å². The van der Waals surface area contributed by atoms with Gasteiger partial charge in [-0.1, -0.05) is 6.92 Å². The van der Waals surface area contributed by atoms with Crippen LogP contribution in [-0.2, 0) is 9.53 Å². The number of hydrogen-bond donors (Lipinski definition) is 1. The lowest BCUT2D eigenvalue weighted by molar-refractivity contribution is -0.148. The molecule has 0 aromatic heterocycles. The molecule has 0 amide bonds. The molecular formula is C10H22N2O2. The van der Waals surface area contributed by atoms with Gasteiger partial charge in [-0.2, -0.15) is 0 Å². The lowest BCUT2D eigenvalue weighted by Crippen LogP contribution is -2.58. The van der Waals surface area contributed by atoms with E-state index in [9.17, 15) is 4.79 Å². The Morgan fingerprint density at radius 3 is 2.29 bits per heavy atom. The van der Waals surface area contributed by atoms with Crippen LogP contribution in [0.5, 0.6) is 0 Å². The number of nitrogens with two attached hydrogens (primary N) is 1. The third-order valence-electron chi connectivity index (χ3n) is 2.95. The molecule has 0 aliphatic carbocycles. The van der Waals surface area contributed by atoms with Gasteiger partial charge in [0.15, 0.2) is 0 Å². The maximum Gasteiger partial charge on any atom is 0.324 e. The Kier molecular flexibility index (Phi) is 5.08. The van der Waals surface area contributed by atoms with Gasteiger partial charge in [-0.3, -0.25) is 4.79 Å². The fourth-order valence-electron chi connectivity index (χ4n) is 1.30. The van der Waals surface area contributed by atoms with Crippen LogP contribution in [0, 0.1) is 0 Å². The highest BCUT2D eigenvalue weighted by atomic mass is 16.5. The van der Waals surface area contributed by atoms with Crippen molar-refractivity contribution in [2.45, 2.75) is 38.8 Å². The summed E-state index contributed by atoms with van der Waals surface area (Å²) in [7, 11) is 3.84. The monoisotopic (exact) mass is 202 g/mol. The number of hydrogen-bond acceptors (Lipinski definition) is 4. The summed E-state index contributed by atoms with van der Waals surface area (Å²) < 4.78 is 4.91. The first-order chi connectivity index (χ1) is 6.40. The van der Waals surface area contributed by atoms with Crippen molar-refractivity contribution in [1.82, 2.24) is 4.90 Å². The summed E-state index contributed by atoms with van der Waals surface area (Å²) in [5, 5.41) is 0. The second kappa shape index (κ2) is 5.32. The fourth-order valence-corrected chi connectivity index (χ4v) is 1.30. The minimum atomic E-state index is -0.595. The van der Waals surface area contributed by atoms with Gasteiger partial charge < -0.3 is 15.4 Å². The predicted molar refractivity (Wildman–Crippen MR) is 57.0 cm³/mol. The second-order valence-corrected chi connectivity index (χ2v) is 3.83. The lowest BCUT2D eigenvalue weighted by atomic mass is 9.88. The summed E-state index contributed by atoms with van der Waals surface area (Å²) in [5.41, 5.74) is 5.54. The van der Waals surface area contributed by atoms with Gasteiger partial charge in [-0.15, -0.1) is 0 Å². The summed E-state index contributed by atoms with van der Waals surface area (Å²) in [6.07, 6.45) is 0.806. The minimum absolute atomic E-state index is 0.328. The summed E-state index contributed by atoms with van der Waals surface area (Å²) in [6.45, 7) is 6.14. The summed E-state index contributed by atoms with van der Waals surface area (Å²) >= 11 is 0. The Morgan fingerprint density at radius 1 is 1.50 bits per heavy atom. The van der Waals surface area contributed by atoms with E-state index in [1.165, 1.54) is 0 Å². The molecule has 0 radical (unpaired) electrons. The van der Waals surface area contributed by atoms with Crippen LogP contribution in [0.15, 0.2) is 0 Å². The fraction of sp³-hybridized carbons (Fsp3) is 0.900. The van der Waals surface area contributed by atoms with Gasteiger partial charge in [0.1, 0.15) is 6.04 Å². The number of carbonyl (C=O) groups excluding carboxylic acids is 1. The number of rotatable bonds is 5. The van der Waals surface area contributed by atoms with E-state index < -0.39 is 6.04 Å². The van der Waals surface area contributed by atoms with Gasteiger partial charge in [0, 0.05) is 5.54 Å². The normalized spacial score (nSPS) is 17.6. The van der Waals surface area contributed by atoms with Crippen molar-refractivity contribution in [2.24, 2.45) is 5.73 Å². The third-order valence-corrected chi connectivity index (χ3v) is 2.95. The third kappa shape index (κ3) is 2.69. The van der Waals surface area contributed by atoms with E-state index in [0.29, 0.717) is 6.61 Å². The predicted octanol–water partition coefficient (Wildman–Crippen LogP) is 0.607. The molecule has 14 heavy (non-hydrogen) atoms. The Bertz CT molecular complexity index is 195. The molecule has 0 saturated heterocycles. The van der Waals surface area contributed by atoms with Crippen molar-refractivity contribution < 1.29 is 9.53 Å². The van der Waals surface area contributed by atoms with Crippen LogP contribution in [0.25, 0.3) is 0 Å². The SMILES string of the molecule is CCOC(=O)[C@@H](N)[C@@](C)(CC)N(C)C. The van der Waals surface area contributed by atoms with Gasteiger partial charge in [0.05, 0.1) is 6.61 Å². The number of nitrogens with zero attached hydrogens (tertiary/aromatic N) is 1. The van der Waals surface area contributed by atoms with E-state index in [1.807, 2.05) is 32.8 Å². The van der Waals surface area contributed by atoms with Crippen LogP contribution < -0.4 is 5.73 Å². The molecule has 0 fully saturated rings. The lowest BCUT2D eigenvalue weighted by Gasteiger charge is -2.39. The molecule has 0 unspecified atom stereocenters. The van der Waals surface area contributed by atoms with Crippen molar-refractivity contribution in [1.29, 1.82) is 0 Å². The largest absolute Gasteiger partial charge is 0.465 e.